The van der Waals surface area contributed by atoms with Crippen LogP contribution in [0, 0.1) is 5.92 Å². The fourth-order valence-electron chi connectivity index (χ4n) is 2.49. The van der Waals surface area contributed by atoms with E-state index in [9.17, 15) is 4.79 Å². The number of hydrazine groups is 1. The normalized spacial score (nSPS) is 24.1. The lowest BCUT2D eigenvalue weighted by atomic mass is 9.93. The Morgan fingerprint density at radius 1 is 1.58 bits per heavy atom. The molecule has 6 nitrogen and oxygen atoms in total. The molecule has 0 aromatic carbocycles. The topological polar surface area (TPSA) is 97.3 Å². The Kier molecular flexibility index (Phi) is 4.34. The van der Waals surface area contributed by atoms with Gasteiger partial charge in [0.2, 0.25) is 5.91 Å². The van der Waals surface area contributed by atoms with Gasteiger partial charge in [-0.2, -0.15) is 0 Å². The van der Waals surface area contributed by atoms with Crippen LogP contribution >= 0.6 is 0 Å². The van der Waals surface area contributed by atoms with Gasteiger partial charge in [-0.05, 0) is 31.9 Å². The highest BCUT2D eigenvalue weighted by Crippen LogP contribution is 2.23. The summed E-state index contributed by atoms with van der Waals surface area (Å²) in [4.78, 5) is 17.9. The van der Waals surface area contributed by atoms with Crippen LogP contribution in [0.5, 0.6) is 0 Å². The molecule has 5 N–H and O–H groups in total. The van der Waals surface area contributed by atoms with E-state index in [1.807, 2.05) is 12.1 Å². The quantitative estimate of drug-likeness (QED) is 0.541. The summed E-state index contributed by atoms with van der Waals surface area (Å²) in [6.45, 7) is 3.58. The highest BCUT2D eigenvalue weighted by atomic mass is 16.1. The first-order valence-corrected chi connectivity index (χ1v) is 6.55. The first-order valence-electron chi connectivity index (χ1n) is 6.55. The van der Waals surface area contributed by atoms with E-state index in [-0.39, 0.29) is 11.8 Å². The second kappa shape index (κ2) is 5.99. The van der Waals surface area contributed by atoms with Crippen LogP contribution < -0.4 is 17.0 Å². The van der Waals surface area contributed by atoms with Gasteiger partial charge in [0.15, 0.2) is 0 Å². The molecule has 0 saturated carbocycles. The third kappa shape index (κ3) is 3.42. The molecule has 0 bridgehead atoms. The number of nitrogens with two attached hydrogens (primary N) is 2. The van der Waals surface area contributed by atoms with Crippen LogP contribution in [0.15, 0.2) is 18.3 Å². The number of hydrogen-bond donors (Lipinski definition) is 3. The monoisotopic (exact) mass is 263 g/mol. The Bertz CT molecular complexity index is 450. The number of likely N-dealkylation sites (tertiary alicyclic amines) is 1. The summed E-state index contributed by atoms with van der Waals surface area (Å²) in [7, 11) is 0. The number of aromatic nitrogens is 1. The number of carbonyl (C=O) groups excluding carboxylic acids is 1. The van der Waals surface area contributed by atoms with Gasteiger partial charge in [0.25, 0.3) is 0 Å². The first kappa shape index (κ1) is 13.8. The number of carbonyl (C=O) groups is 1. The van der Waals surface area contributed by atoms with Crippen LogP contribution in [0.4, 0.5) is 5.69 Å². The van der Waals surface area contributed by atoms with Crippen LogP contribution in [0.1, 0.15) is 25.5 Å². The number of hydrogen-bond acceptors (Lipinski definition) is 5. The van der Waals surface area contributed by atoms with E-state index in [2.05, 4.69) is 22.2 Å². The molecule has 1 amide bonds. The predicted molar refractivity (Wildman–Crippen MR) is 73.8 cm³/mol. The number of anilines is 1. The Labute approximate surface area is 113 Å². The van der Waals surface area contributed by atoms with Crippen LogP contribution in [0.3, 0.4) is 0 Å². The number of primary amides is 1. The van der Waals surface area contributed by atoms with Crippen molar-refractivity contribution in [1.82, 2.24) is 9.88 Å². The van der Waals surface area contributed by atoms with Gasteiger partial charge in [-0.25, -0.2) is 0 Å². The molecule has 2 atom stereocenters. The van der Waals surface area contributed by atoms with Gasteiger partial charge in [-0.15, -0.1) is 0 Å². The van der Waals surface area contributed by atoms with Gasteiger partial charge in [-0.1, -0.05) is 0 Å². The van der Waals surface area contributed by atoms with E-state index in [4.69, 9.17) is 11.6 Å². The van der Waals surface area contributed by atoms with Crippen molar-refractivity contribution in [2.45, 2.75) is 32.4 Å². The maximum absolute atomic E-state index is 11.3. The van der Waals surface area contributed by atoms with Crippen LogP contribution in [-0.4, -0.2) is 28.4 Å². The molecule has 2 unspecified atom stereocenters. The second-order valence-corrected chi connectivity index (χ2v) is 5.14. The van der Waals surface area contributed by atoms with Crippen LogP contribution in [-0.2, 0) is 11.3 Å². The fraction of sp³-hybridized carbons (Fsp3) is 0.538. The number of nitrogen functional groups attached to an aromatic ring is 1. The molecule has 1 aromatic rings. The van der Waals surface area contributed by atoms with Crippen molar-refractivity contribution in [3.05, 3.63) is 24.0 Å². The zero-order chi connectivity index (χ0) is 13.8. The molecule has 0 spiro atoms. The molecular formula is C13H21N5O. The van der Waals surface area contributed by atoms with E-state index in [0.717, 1.165) is 24.2 Å². The number of piperidine rings is 1. The number of pyridine rings is 1. The van der Waals surface area contributed by atoms with E-state index >= 15 is 0 Å². The predicted octanol–water partition coefficient (Wildman–Crippen LogP) is 0.453. The van der Waals surface area contributed by atoms with Crippen molar-refractivity contribution in [2.75, 3.05) is 12.0 Å². The molecule has 2 heterocycles. The van der Waals surface area contributed by atoms with E-state index in [1.54, 1.807) is 6.20 Å². The molecule has 0 radical (unpaired) electrons. The largest absolute Gasteiger partial charge is 0.369 e. The summed E-state index contributed by atoms with van der Waals surface area (Å²) in [5.41, 5.74) is 9.79. The molecule has 2 rings (SSSR count). The third-order valence-electron chi connectivity index (χ3n) is 3.76. The summed E-state index contributed by atoms with van der Waals surface area (Å²) in [5, 5.41) is 0. The Morgan fingerprint density at radius 3 is 3.05 bits per heavy atom. The minimum absolute atomic E-state index is 0.0491. The van der Waals surface area contributed by atoms with E-state index in [1.165, 1.54) is 0 Å². The lowest BCUT2D eigenvalue weighted by Crippen LogP contribution is -2.45. The first-order chi connectivity index (χ1) is 9.10. The Morgan fingerprint density at radius 2 is 2.37 bits per heavy atom. The Balaban J connectivity index is 2.05. The average Bonchev–Trinajstić information content (AvgIpc) is 2.41. The van der Waals surface area contributed by atoms with Crippen molar-refractivity contribution in [3.63, 3.8) is 0 Å². The SMILES string of the molecule is CC1CCC(C(N)=O)CN1Cc1cc(NN)ccn1. The minimum Gasteiger partial charge on any atom is -0.369 e. The Hall–Kier alpha value is -1.66. The molecule has 1 saturated heterocycles. The second-order valence-electron chi connectivity index (χ2n) is 5.14. The number of rotatable bonds is 4. The van der Waals surface area contributed by atoms with E-state index < -0.39 is 0 Å². The van der Waals surface area contributed by atoms with Gasteiger partial charge >= 0.3 is 0 Å². The number of nitrogens with zero attached hydrogens (tertiary/aromatic N) is 2. The number of nitrogens with one attached hydrogen (secondary N) is 1. The molecule has 1 fully saturated rings. The average molecular weight is 263 g/mol. The van der Waals surface area contributed by atoms with Crippen LogP contribution in [0.2, 0.25) is 0 Å². The van der Waals surface area contributed by atoms with Gasteiger partial charge in [0.05, 0.1) is 17.3 Å². The summed E-state index contributed by atoms with van der Waals surface area (Å²) >= 11 is 0. The van der Waals surface area contributed by atoms with E-state index in [0.29, 0.717) is 19.1 Å². The zero-order valence-corrected chi connectivity index (χ0v) is 11.2. The van der Waals surface area contributed by atoms with Gasteiger partial charge in [0, 0.05) is 25.3 Å². The zero-order valence-electron chi connectivity index (χ0n) is 11.2. The highest BCUT2D eigenvalue weighted by Gasteiger charge is 2.28. The maximum atomic E-state index is 11.3. The third-order valence-corrected chi connectivity index (χ3v) is 3.76. The van der Waals surface area contributed by atoms with Crippen molar-refractivity contribution in [1.29, 1.82) is 0 Å². The smallest absolute Gasteiger partial charge is 0.221 e. The van der Waals surface area contributed by atoms with Crippen LogP contribution in [0.25, 0.3) is 0 Å². The van der Waals surface area contributed by atoms with Gasteiger partial charge in [-0.3, -0.25) is 20.5 Å². The standard InChI is InChI=1S/C13H21N5O/c1-9-2-3-10(13(14)19)7-18(9)8-12-6-11(17-15)4-5-16-12/h4-6,9-10H,2-3,7-8,15H2,1H3,(H2,14,19)(H,16,17). The molecule has 1 aromatic heterocycles. The van der Waals surface area contributed by atoms with Gasteiger partial charge in [0.1, 0.15) is 0 Å². The lowest BCUT2D eigenvalue weighted by Gasteiger charge is -2.36. The summed E-state index contributed by atoms with van der Waals surface area (Å²) in [6.07, 6.45) is 3.60. The lowest BCUT2D eigenvalue weighted by molar-refractivity contribution is -0.124. The molecule has 1 aliphatic heterocycles. The molecular weight excluding hydrogens is 242 g/mol. The van der Waals surface area contributed by atoms with Crippen molar-refractivity contribution >= 4 is 11.6 Å². The number of amides is 1. The fourth-order valence-corrected chi connectivity index (χ4v) is 2.49. The van der Waals surface area contributed by atoms with Crippen molar-refractivity contribution in [2.24, 2.45) is 17.5 Å². The summed E-state index contributed by atoms with van der Waals surface area (Å²) < 4.78 is 0. The molecule has 104 valence electrons. The highest BCUT2D eigenvalue weighted by molar-refractivity contribution is 5.76. The summed E-state index contributed by atoms with van der Waals surface area (Å²) in [5.74, 6) is 5.13. The summed E-state index contributed by atoms with van der Waals surface area (Å²) in [6, 6.07) is 4.17. The molecule has 6 heteroatoms. The minimum atomic E-state index is -0.206. The molecule has 1 aliphatic rings. The van der Waals surface area contributed by atoms with Gasteiger partial charge < -0.3 is 11.2 Å². The maximum Gasteiger partial charge on any atom is 0.221 e. The van der Waals surface area contributed by atoms with Crippen molar-refractivity contribution < 1.29 is 4.79 Å². The van der Waals surface area contributed by atoms with Crippen molar-refractivity contribution in [3.8, 4) is 0 Å². The molecule has 19 heavy (non-hydrogen) atoms. The molecule has 0 aliphatic carbocycles.